The Morgan fingerprint density at radius 2 is 1.12 bits per heavy atom. The van der Waals surface area contributed by atoms with Crippen LogP contribution in [-0.4, -0.2) is 60.4 Å². The van der Waals surface area contributed by atoms with Crippen molar-refractivity contribution in [3.8, 4) is 39.5 Å². The zero-order valence-corrected chi connectivity index (χ0v) is 31.4. The van der Waals surface area contributed by atoms with Crippen molar-refractivity contribution in [2.75, 3.05) is 47.9 Å². The van der Waals surface area contributed by atoms with Gasteiger partial charge in [0.25, 0.3) is 0 Å². The lowest BCUT2D eigenvalue weighted by Crippen LogP contribution is -2.05. The predicted octanol–water partition coefficient (Wildman–Crippen LogP) is 8.76. The minimum atomic E-state index is 0.639. The zero-order chi connectivity index (χ0) is 35.7. The molecule has 49 heavy (non-hydrogen) atoms. The molecule has 0 radical (unpaired) electrons. The van der Waals surface area contributed by atoms with Crippen molar-refractivity contribution >= 4 is 46.4 Å². The second kappa shape index (κ2) is 25.0. The summed E-state index contributed by atoms with van der Waals surface area (Å²) >= 11 is 0. The molecule has 4 aromatic rings. The van der Waals surface area contributed by atoms with E-state index < -0.39 is 0 Å². The van der Waals surface area contributed by atoms with Crippen LogP contribution in [0.3, 0.4) is 0 Å². The maximum atomic E-state index is 10.7. The number of rotatable bonds is 17. The minimum Gasteiger partial charge on any atom is -0.497 e. The molecule has 0 aliphatic heterocycles. The van der Waals surface area contributed by atoms with Gasteiger partial charge in [-0.1, -0.05) is 72.6 Å². The Bertz CT molecular complexity index is 1540. The Labute approximate surface area is 296 Å². The molecule has 0 aromatic heterocycles. The number of allylic oxidation sites excluding steroid dienone is 2. The molecule has 0 bridgehead atoms. The first-order valence-corrected chi connectivity index (χ1v) is 19.2. The molecule has 0 heterocycles. The van der Waals surface area contributed by atoms with Crippen molar-refractivity contribution < 1.29 is 28.5 Å². The average Bonchev–Trinajstić information content (AvgIpc) is 3.17. The van der Waals surface area contributed by atoms with Gasteiger partial charge < -0.3 is 18.9 Å². The summed E-state index contributed by atoms with van der Waals surface area (Å²) in [6.07, 6.45) is 10.6. The van der Waals surface area contributed by atoms with Crippen LogP contribution in [0.25, 0.3) is 28.3 Å². The number of benzene rings is 4. The molecule has 260 valence electrons. The molecule has 4 aromatic carbocycles. The highest BCUT2D eigenvalue weighted by Gasteiger charge is 2.10. The van der Waals surface area contributed by atoms with Gasteiger partial charge in [-0.25, -0.2) is 0 Å². The lowest BCUT2D eigenvalue weighted by atomic mass is 9.99. The van der Waals surface area contributed by atoms with Gasteiger partial charge in [0.05, 0.1) is 20.8 Å². The van der Waals surface area contributed by atoms with Gasteiger partial charge in [0.1, 0.15) is 29.8 Å². The average molecular weight is 701 g/mol. The zero-order valence-electron chi connectivity index (χ0n) is 29.4. The second-order valence-electron chi connectivity index (χ2n) is 10.6. The first-order valence-electron chi connectivity index (χ1n) is 16.2. The number of carbonyl (C=O) groups excluding carboxylic acids is 2. The van der Waals surface area contributed by atoms with Crippen LogP contribution in [0, 0.1) is 0 Å². The van der Waals surface area contributed by atoms with E-state index in [4.69, 9.17) is 23.7 Å². The van der Waals surface area contributed by atoms with Crippen molar-refractivity contribution in [2.45, 2.75) is 25.7 Å². The van der Waals surface area contributed by atoms with Crippen molar-refractivity contribution in [1.29, 1.82) is 0 Å². The molecule has 2 atom stereocenters. The molecule has 0 fully saturated rings. The first kappa shape index (κ1) is 41.1. The van der Waals surface area contributed by atoms with E-state index in [-0.39, 0.29) is 0 Å². The summed E-state index contributed by atoms with van der Waals surface area (Å²) < 4.78 is 21.0. The van der Waals surface area contributed by atoms with Gasteiger partial charge in [0, 0.05) is 13.7 Å². The van der Waals surface area contributed by atoms with Crippen molar-refractivity contribution in [3.05, 3.63) is 109 Å². The van der Waals surface area contributed by atoms with Gasteiger partial charge in [-0.2, -0.15) is 0 Å². The summed E-state index contributed by atoms with van der Waals surface area (Å²) in [5, 5.41) is 2.68. The van der Waals surface area contributed by atoms with Crippen LogP contribution >= 0.6 is 17.2 Å². The first-order chi connectivity index (χ1) is 24.0. The summed E-state index contributed by atoms with van der Waals surface area (Å²) in [7, 11) is 6.42. The molecule has 0 N–H and O–H groups in total. The third-order valence-corrected chi connectivity index (χ3v) is 9.25. The third-order valence-electron chi connectivity index (χ3n) is 7.35. The molecule has 0 spiro atoms. The maximum absolute atomic E-state index is 10.7. The number of aldehydes is 2. The summed E-state index contributed by atoms with van der Waals surface area (Å²) in [5.41, 5.74) is 6.09. The molecular weight excluding hydrogens is 650 g/mol. The molecule has 0 amide bonds. The fraction of sp³-hybridized carbons (Fsp3) is 0.268. The minimum absolute atomic E-state index is 0.639. The van der Waals surface area contributed by atoms with E-state index in [1.54, 1.807) is 27.4 Å². The number of methoxy groups -OCH3 is 3. The van der Waals surface area contributed by atoms with Crippen molar-refractivity contribution in [1.82, 2.24) is 0 Å². The fourth-order valence-corrected chi connectivity index (χ4v) is 6.38. The summed E-state index contributed by atoms with van der Waals surface area (Å²) in [6.45, 7) is 9.15. The number of carbonyl (C=O) groups is 2. The van der Waals surface area contributed by atoms with Crippen LogP contribution in [0.5, 0.6) is 17.2 Å². The second-order valence-corrected chi connectivity index (χ2v) is 12.7. The van der Waals surface area contributed by atoms with Gasteiger partial charge in [0.2, 0.25) is 0 Å². The number of unbranched alkanes of at least 4 members (excludes halogenated alkanes) is 3. The Morgan fingerprint density at radius 3 is 1.65 bits per heavy atom. The van der Waals surface area contributed by atoms with Gasteiger partial charge >= 0.3 is 0 Å². The van der Waals surface area contributed by atoms with Crippen LogP contribution in [0.1, 0.15) is 31.2 Å². The summed E-state index contributed by atoms with van der Waals surface area (Å²) in [5.74, 6) is 2.63. The number of ether oxygens (including phenoxy) is 4. The third kappa shape index (κ3) is 14.9. The maximum Gasteiger partial charge on any atom is 0.142 e. The number of hydrogen-bond acceptors (Lipinski definition) is 6. The number of hydrogen-bond donors (Lipinski definition) is 0. The molecule has 2 unspecified atom stereocenters. The molecule has 0 aliphatic rings. The van der Waals surface area contributed by atoms with Crippen molar-refractivity contribution in [3.63, 3.8) is 0 Å². The Hall–Kier alpha value is -4.08. The normalized spacial score (nSPS) is 10.7. The van der Waals surface area contributed by atoms with Gasteiger partial charge in [-0.3, -0.25) is 9.59 Å². The lowest BCUT2D eigenvalue weighted by molar-refractivity contribution is -0.104. The predicted molar refractivity (Wildman–Crippen MR) is 212 cm³/mol. The van der Waals surface area contributed by atoms with E-state index in [9.17, 15) is 4.79 Å². The highest BCUT2D eigenvalue weighted by Crippen LogP contribution is 2.30. The Balaban J connectivity index is 0.000000494. The lowest BCUT2D eigenvalue weighted by Gasteiger charge is -2.14. The molecule has 0 saturated carbocycles. The molecular formula is C41H50O6P2. The van der Waals surface area contributed by atoms with E-state index in [0.29, 0.717) is 23.4 Å². The monoisotopic (exact) mass is 700 g/mol. The summed E-state index contributed by atoms with van der Waals surface area (Å²) in [6, 6.07) is 29.2. The molecule has 4 rings (SSSR count). The smallest absolute Gasteiger partial charge is 0.142 e. The van der Waals surface area contributed by atoms with Crippen LogP contribution in [0.15, 0.2) is 104 Å². The molecule has 6 nitrogen and oxygen atoms in total. The van der Waals surface area contributed by atoms with E-state index in [0.717, 1.165) is 55.2 Å². The fourth-order valence-electron chi connectivity index (χ4n) is 4.78. The summed E-state index contributed by atoms with van der Waals surface area (Å²) in [4.78, 5) is 19.7. The van der Waals surface area contributed by atoms with Gasteiger partial charge in [-0.05, 0) is 132 Å². The highest BCUT2D eigenvalue weighted by atomic mass is 31.1. The van der Waals surface area contributed by atoms with E-state index in [1.807, 2.05) is 30.3 Å². The molecule has 0 saturated heterocycles. The van der Waals surface area contributed by atoms with E-state index in [1.165, 1.54) is 51.8 Å². The van der Waals surface area contributed by atoms with Crippen molar-refractivity contribution in [2.24, 2.45) is 0 Å². The Kier molecular flexibility index (Phi) is 20.9. The quantitative estimate of drug-likeness (QED) is 0.0475. The van der Waals surface area contributed by atoms with E-state index >= 15 is 0 Å². The standard InChI is InChI=1S/C30H36O3P2.C8H10O2.C3H4O/c1-32-19-6-4-5-7-20-33-26-14-11-24(12-15-26)27-17-13-25(22-30(27)35-3)28-16-10-23(9-8-18-31)21-29(28)34-2;1-9-7-3-5-8(10-2)6-4-7;1-2-3-4/h8-18,21-22,34-35H,4-7,19-20H2,1-3H3;3-6H,1-2H3;2-3H,1H2/b9-8+;;. The van der Waals surface area contributed by atoms with Crippen LogP contribution in [0.2, 0.25) is 0 Å². The van der Waals surface area contributed by atoms with E-state index in [2.05, 4.69) is 80.6 Å². The largest absolute Gasteiger partial charge is 0.497 e. The topological polar surface area (TPSA) is 71.1 Å². The van der Waals surface area contributed by atoms with Crippen LogP contribution in [-0.2, 0) is 14.3 Å². The van der Waals surface area contributed by atoms with Gasteiger partial charge in [-0.15, -0.1) is 0 Å². The van der Waals surface area contributed by atoms with Gasteiger partial charge in [0.15, 0.2) is 0 Å². The molecule has 0 aliphatic carbocycles. The highest BCUT2D eigenvalue weighted by molar-refractivity contribution is 7.47. The SMILES string of the molecule is C=CC=O.COCCCCCCOc1ccc(-c2ccc(-c3ccc(/C=C/C=O)cc3PC)cc2PC)cc1.COc1ccc(OC)cc1. The van der Waals surface area contributed by atoms with Crippen LogP contribution in [0.4, 0.5) is 0 Å². The molecule has 8 heteroatoms. The van der Waals surface area contributed by atoms with Crippen LogP contribution < -0.4 is 24.8 Å². The Morgan fingerprint density at radius 1 is 0.612 bits per heavy atom.